The second kappa shape index (κ2) is 7.89. The topological polar surface area (TPSA) is 57.5 Å². The Bertz CT molecular complexity index is 586. The van der Waals surface area contributed by atoms with Crippen molar-refractivity contribution in [3.63, 3.8) is 0 Å². The van der Waals surface area contributed by atoms with Crippen LogP contribution in [0.4, 0.5) is 0 Å². The summed E-state index contributed by atoms with van der Waals surface area (Å²) < 4.78 is 0. The fourth-order valence-corrected chi connectivity index (χ4v) is 2.29. The minimum atomic E-state index is -0.193. The third-order valence-electron chi connectivity index (χ3n) is 3.48. The van der Waals surface area contributed by atoms with Gasteiger partial charge in [-0.05, 0) is 45.6 Å². The standard InChI is InChI=1S/C17H21ClO3/c1-4-5-6-7-11(2)8-9-13-16(20)14(10-19)12(3)15(18)17(13)21/h4-5,8,10,20-21H,6-7,9H2,1-3H3/b5-4+,11-8+. The van der Waals surface area contributed by atoms with Gasteiger partial charge < -0.3 is 10.2 Å². The van der Waals surface area contributed by atoms with Gasteiger partial charge >= 0.3 is 0 Å². The highest BCUT2D eigenvalue weighted by Gasteiger charge is 2.19. The van der Waals surface area contributed by atoms with Crippen LogP contribution >= 0.6 is 11.6 Å². The third kappa shape index (κ3) is 4.11. The van der Waals surface area contributed by atoms with E-state index in [4.69, 9.17) is 11.6 Å². The Morgan fingerprint density at radius 2 is 1.95 bits per heavy atom. The summed E-state index contributed by atoms with van der Waals surface area (Å²) in [5, 5.41) is 20.3. The number of aromatic hydroxyl groups is 2. The van der Waals surface area contributed by atoms with Crippen LogP contribution in [-0.4, -0.2) is 16.5 Å². The van der Waals surface area contributed by atoms with E-state index in [9.17, 15) is 15.0 Å². The van der Waals surface area contributed by atoms with Gasteiger partial charge in [0.1, 0.15) is 11.5 Å². The van der Waals surface area contributed by atoms with Crippen LogP contribution < -0.4 is 0 Å². The predicted octanol–water partition coefficient (Wildman–Crippen LogP) is 4.72. The molecule has 0 aromatic heterocycles. The van der Waals surface area contributed by atoms with Gasteiger partial charge in [-0.3, -0.25) is 4.79 Å². The Hall–Kier alpha value is -1.74. The third-order valence-corrected chi connectivity index (χ3v) is 3.94. The Kier molecular flexibility index (Phi) is 6.50. The van der Waals surface area contributed by atoms with E-state index in [-0.39, 0.29) is 27.6 Å². The number of allylic oxidation sites excluding steroid dienone is 4. The molecule has 21 heavy (non-hydrogen) atoms. The van der Waals surface area contributed by atoms with Gasteiger partial charge in [-0.25, -0.2) is 0 Å². The van der Waals surface area contributed by atoms with E-state index in [1.807, 2.05) is 26.0 Å². The number of hydrogen-bond acceptors (Lipinski definition) is 3. The number of phenolic OH excluding ortho intramolecular Hbond substituents is 2. The van der Waals surface area contributed by atoms with Crippen molar-refractivity contribution in [3.05, 3.63) is 45.5 Å². The number of carbonyl (C=O) groups excluding carboxylic acids is 1. The van der Waals surface area contributed by atoms with Crippen LogP contribution in [0.2, 0.25) is 5.02 Å². The fraction of sp³-hybridized carbons (Fsp3) is 0.353. The first kappa shape index (κ1) is 17.3. The number of aldehydes is 1. The minimum absolute atomic E-state index is 0.116. The number of phenols is 2. The molecule has 0 saturated heterocycles. The molecule has 1 aromatic carbocycles. The van der Waals surface area contributed by atoms with E-state index in [0.717, 1.165) is 18.4 Å². The van der Waals surface area contributed by atoms with Crippen molar-refractivity contribution < 1.29 is 15.0 Å². The molecule has 0 radical (unpaired) electrons. The molecule has 0 aliphatic carbocycles. The SMILES string of the molecule is C/C=C/CC/C(C)=C/Cc1c(O)c(Cl)c(C)c(C=O)c1O. The molecular formula is C17H21ClO3. The molecule has 2 N–H and O–H groups in total. The monoisotopic (exact) mass is 308 g/mol. The number of carbonyl (C=O) groups is 1. The Morgan fingerprint density at radius 1 is 1.29 bits per heavy atom. The number of halogens is 1. The average molecular weight is 309 g/mol. The smallest absolute Gasteiger partial charge is 0.154 e. The zero-order valence-electron chi connectivity index (χ0n) is 12.6. The summed E-state index contributed by atoms with van der Waals surface area (Å²) in [6.45, 7) is 5.56. The van der Waals surface area contributed by atoms with Gasteiger partial charge in [0.2, 0.25) is 0 Å². The molecule has 0 atom stereocenters. The van der Waals surface area contributed by atoms with Crippen LogP contribution in [0.5, 0.6) is 11.5 Å². The Balaban J connectivity index is 3.06. The van der Waals surface area contributed by atoms with E-state index in [2.05, 4.69) is 6.08 Å². The Morgan fingerprint density at radius 3 is 2.52 bits per heavy atom. The first-order valence-corrected chi connectivity index (χ1v) is 7.26. The van der Waals surface area contributed by atoms with Crippen LogP contribution in [0.15, 0.2) is 23.8 Å². The lowest BCUT2D eigenvalue weighted by Gasteiger charge is -2.13. The van der Waals surface area contributed by atoms with E-state index in [0.29, 0.717) is 18.3 Å². The lowest BCUT2D eigenvalue weighted by atomic mass is 9.99. The second-order valence-corrected chi connectivity index (χ2v) is 5.39. The van der Waals surface area contributed by atoms with Gasteiger partial charge in [-0.2, -0.15) is 0 Å². The maximum absolute atomic E-state index is 11.1. The van der Waals surface area contributed by atoms with E-state index < -0.39 is 0 Å². The van der Waals surface area contributed by atoms with Crippen LogP contribution in [0.25, 0.3) is 0 Å². The quantitative estimate of drug-likeness (QED) is 0.590. The summed E-state index contributed by atoms with van der Waals surface area (Å²) in [5.41, 5.74) is 1.96. The van der Waals surface area contributed by atoms with Crippen LogP contribution in [-0.2, 0) is 6.42 Å². The first-order valence-electron chi connectivity index (χ1n) is 6.88. The van der Waals surface area contributed by atoms with E-state index >= 15 is 0 Å². The summed E-state index contributed by atoms with van der Waals surface area (Å²) in [6, 6.07) is 0. The molecule has 1 rings (SSSR count). The summed E-state index contributed by atoms with van der Waals surface area (Å²) >= 11 is 6.01. The maximum atomic E-state index is 11.1. The second-order valence-electron chi connectivity index (χ2n) is 5.01. The summed E-state index contributed by atoms with van der Waals surface area (Å²) in [7, 11) is 0. The van der Waals surface area contributed by atoms with Gasteiger partial charge in [0, 0.05) is 5.56 Å². The highest BCUT2D eigenvalue weighted by molar-refractivity contribution is 6.33. The molecular weight excluding hydrogens is 288 g/mol. The first-order chi connectivity index (χ1) is 9.93. The van der Waals surface area contributed by atoms with Crippen molar-refractivity contribution in [2.75, 3.05) is 0 Å². The zero-order valence-corrected chi connectivity index (χ0v) is 13.4. The van der Waals surface area contributed by atoms with Crippen molar-refractivity contribution in [2.45, 2.75) is 40.0 Å². The van der Waals surface area contributed by atoms with Crippen molar-refractivity contribution in [1.29, 1.82) is 0 Å². The van der Waals surface area contributed by atoms with Crippen LogP contribution in [0, 0.1) is 6.92 Å². The lowest BCUT2D eigenvalue weighted by Crippen LogP contribution is -1.96. The summed E-state index contributed by atoms with van der Waals surface area (Å²) in [5.74, 6) is -0.350. The maximum Gasteiger partial charge on any atom is 0.154 e. The van der Waals surface area contributed by atoms with Gasteiger partial charge in [0.25, 0.3) is 0 Å². The lowest BCUT2D eigenvalue weighted by molar-refractivity contribution is 0.112. The molecule has 0 heterocycles. The van der Waals surface area contributed by atoms with Gasteiger partial charge in [-0.1, -0.05) is 35.4 Å². The highest BCUT2D eigenvalue weighted by Crippen LogP contribution is 2.40. The molecule has 0 bridgehead atoms. The molecule has 0 spiro atoms. The summed E-state index contributed by atoms with van der Waals surface area (Å²) in [6.07, 6.45) is 8.76. The Labute approximate surface area is 130 Å². The molecule has 0 saturated carbocycles. The minimum Gasteiger partial charge on any atom is -0.507 e. The van der Waals surface area contributed by atoms with Crippen molar-refractivity contribution in [2.24, 2.45) is 0 Å². The largest absolute Gasteiger partial charge is 0.507 e. The highest BCUT2D eigenvalue weighted by atomic mass is 35.5. The molecule has 0 amide bonds. The van der Waals surface area contributed by atoms with E-state index in [1.54, 1.807) is 6.92 Å². The normalized spacial score (nSPS) is 12.1. The fourth-order valence-electron chi connectivity index (χ4n) is 2.07. The number of rotatable bonds is 6. The van der Waals surface area contributed by atoms with Crippen LogP contribution in [0.1, 0.15) is 48.2 Å². The van der Waals surface area contributed by atoms with E-state index in [1.165, 1.54) is 0 Å². The summed E-state index contributed by atoms with van der Waals surface area (Å²) in [4.78, 5) is 11.1. The van der Waals surface area contributed by atoms with Crippen molar-refractivity contribution in [1.82, 2.24) is 0 Å². The number of benzene rings is 1. The van der Waals surface area contributed by atoms with Gasteiger partial charge in [-0.15, -0.1) is 0 Å². The molecule has 0 unspecified atom stereocenters. The predicted molar refractivity (Wildman–Crippen MR) is 86.4 cm³/mol. The van der Waals surface area contributed by atoms with Crippen LogP contribution in [0.3, 0.4) is 0 Å². The van der Waals surface area contributed by atoms with Gasteiger partial charge in [0.05, 0.1) is 10.6 Å². The average Bonchev–Trinajstić information content (AvgIpc) is 2.46. The van der Waals surface area contributed by atoms with Crippen molar-refractivity contribution in [3.8, 4) is 11.5 Å². The van der Waals surface area contributed by atoms with Crippen molar-refractivity contribution >= 4 is 17.9 Å². The molecule has 0 fully saturated rings. The molecule has 114 valence electrons. The number of hydrogen-bond donors (Lipinski definition) is 2. The molecule has 4 heteroatoms. The molecule has 0 aliphatic heterocycles. The molecule has 0 aliphatic rings. The molecule has 1 aromatic rings. The van der Waals surface area contributed by atoms with Gasteiger partial charge in [0.15, 0.2) is 6.29 Å². The molecule has 3 nitrogen and oxygen atoms in total. The zero-order chi connectivity index (χ0) is 16.0.